The number of ether oxygens (including phenoxy) is 1. The van der Waals surface area contributed by atoms with Gasteiger partial charge >= 0.3 is 5.97 Å². The maximum atomic E-state index is 11.6. The molecule has 2 rings (SSSR count). The summed E-state index contributed by atoms with van der Waals surface area (Å²) in [6.07, 6.45) is 2.75. The fourth-order valence-electron chi connectivity index (χ4n) is 2.62. The average molecular weight is 255 g/mol. The highest BCUT2D eigenvalue weighted by atomic mass is 16.5. The fraction of sp³-hybridized carbons (Fsp3) is 0.923. The van der Waals surface area contributed by atoms with Crippen LogP contribution in [0.2, 0.25) is 0 Å². The van der Waals surface area contributed by atoms with Crippen LogP contribution in [0.5, 0.6) is 0 Å². The van der Waals surface area contributed by atoms with Gasteiger partial charge in [-0.15, -0.1) is 0 Å². The Bertz CT molecular complexity index is 273. The van der Waals surface area contributed by atoms with Gasteiger partial charge < -0.3 is 10.1 Å². The molecule has 0 bridgehead atoms. The molecule has 0 radical (unpaired) electrons. The van der Waals surface area contributed by atoms with E-state index in [1.165, 1.54) is 20.0 Å². The maximum absolute atomic E-state index is 11.6. The molecule has 1 N–H and O–H groups in total. The Labute approximate surface area is 109 Å². The van der Waals surface area contributed by atoms with Crippen molar-refractivity contribution in [1.82, 2.24) is 15.1 Å². The molecule has 2 aliphatic rings. The summed E-state index contributed by atoms with van der Waals surface area (Å²) in [4.78, 5) is 16.6. The van der Waals surface area contributed by atoms with E-state index in [-0.39, 0.29) is 12.0 Å². The molecule has 0 aromatic rings. The van der Waals surface area contributed by atoms with E-state index in [9.17, 15) is 4.79 Å². The van der Waals surface area contributed by atoms with E-state index in [0.717, 1.165) is 45.3 Å². The lowest BCUT2D eigenvalue weighted by Crippen LogP contribution is -2.53. The summed E-state index contributed by atoms with van der Waals surface area (Å²) in [5.41, 5.74) is 0. The molecule has 1 atom stereocenters. The molecule has 104 valence electrons. The Morgan fingerprint density at radius 3 is 2.50 bits per heavy atom. The molecule has 0 spiro atoms. The Hall–Kier alpha value is -0.650. The standard InChI is InChI=1S/C13H25N3O2/c1-3-14-12(13(17)18-2)10-15-6-8-16(9-7-15)11-4-5-11/h11-12,14H,3-10H2,1-2H3. The molecule has 5 nitrogen and oxygen atoms in total. The Morgan fingerprint density at radius 2 is 2.00 bits per heavy atom. The first kappa shape index (κ1) is 13.8. The zero-order valence-corrected chi connectivity index (χ0v) is 11.5. The van der Waals surface area contributed by atoms with Crippen molar-refractivity contribution in [2.75, 3.05) is 46.4 Å². The van der Waals surface area contributed by atoms with Gasteiger partial charge in [-0.2, -0.15) is 0 Å². The number of nitrogens with zero attached hydrogens (tertiary/aromatic N) is 2. The number of hydrogen-bond acceptors (Lipinski definition) is 5. The molecule has 1 heterocycles. The Morgan fingerprint density at radius 1 is 1.33 bits per heavy atom. The summed E-state index contributed by atoms with van der Waals surface area (Å²) >= 11 is 0. The summed E-state index contributed by atoms with van der Waals surface area (Å²) in [7, 11) is 1.46. The topological polar surface area (TPSA) is 44.8 Å². The van der Waals surface area contributed by atoms with Gasteiger partial charge in [0.2, 0.25) is 0 Å². The molecule has 1 aliphatic heterocycles. The summed E-state index contributed by atoms with van der Waals surface area (Å²) in [5, 5.41) is 3.20. The van der Waals surface area contributed by atoms with Crippen molar-refractivity contribution >= 4 is 5.97 Å². The van der Waals surface area contributed by atoms with Gasteiger partial charge in [0.15, 0.2) is 0 Å². The lowest BCUT2D eigenvalue weighted by Gasteiger charge is -2.36. The van der Waals surface area contributed by atoms with Crippen molar-refractivity contribution < 1.29 is 9.53 Å². The van der Waals surface area contributed by atoms with Crippen LogP contribution in [0.1, 0.15) is 19.8 Å². The first-order valence-electron chi connectivity index (χ1n) is 7.02. The number of rotatable bonds is 6. The van der Waals surface area contributed by atoms with E-state index in [2.05, 4.69) is 15.1 Å². The van der Waals surface area contributed by atoms with Gasteiger partial charge in [0, 0.05) is 38.8 Å². The molecular weight excluding hydrogens is 230 g/mol. The molecular formula is C13H25N3O2. The minimum atomic E-state index is -0.188. The summed E-state index contributed by atoms with van der Waals surface area (Å²) in [6, 6.07) is 0.671. The van der Waals surface area contributed by atoms with Gasteiger partial charge in [0.25, 0.3) is 0 Å². The van der Waals surface area contributed by atoms with Crippen LogP contribution in [0.4, 0.5) is 0 Å². The lowest BCUT2D eigenvalue weighted by molar-refractivity contribution is -0.143. The van der Waals surface area contributed by atoms with Gasteiger partial charge in [-0.25, -0.2) is 0 Å². The van der Waals surface area contributed by atoms with Crippen LogP contribution in [0, 0.1) is 0 Å². The van der Waals surface area contributed by atoms with Crippen molar-refractivity contribution in [1.29, 1.82) is 0 Å². The number of piperazine rings is 1. The molecule has 1 unspecified atom stereocenters. The zero-order chi connectivity index (χ0) is 13.0. The normalized spacial score (nSPS) is 23.9. The van der Waals surface area contributed by atoms with Crippen LogP contribution < -0.4 is 5.32 Å². The molecule has 18 heavy (non-hydrogen) atoms. The minimum Gasteiger partial charge on any atom is -0.468 e. The number of esters is 1. The Balaban J connectivity index is 1.75. The van der Waals surface area contributed by atoms with Gasteiger partial charge in [0.1, 0.15) is 6.04 Å². The third-order valence-electron chi connectivity index (χ3n) is 3.85. The molecule has 0 aromatic carbocycles. The second-order valence-electron chi connectivity index (χ2n) is 5.20. The minimum absolute atomic E-state index is 0.151. The maximum Gasteiger partial charge on any atom is 0.324 e. The molecule has 1 saturated heterocycles. The van der Waals surface area contributed by atoms with Crippen LogP contribution >= 0.6 is 0 Å². The van der Waals surface area contributed by atoms with Crippen LogP contribution in [-0.4, -0.2) is 74.2 Å². The third-order valence-corrected chi connectivity index (χ3v) is 3.85. The molecule has 1 aliphatic carbocycles. The van der Waals surface area contributed by atoms with Gasteiger partial charge in [-0.3, -0.25) is 14.6 Å². The summed E-state index contributed by atoms with van der Waals surface area (Å²) in [6.45, 7) is 7.99. The molecule has 0 amide bonds. The number of hydrogen-bond donors (Lipinski definition) is 1. The lowest BCUT2D eigenvalue weighted by atomic mass is 10.2. The molecule has 2 fully saturated rings. The second kappa shape index (κ2) is 6.50. The van der Waals surface area contributed by atoms with Crippen molar-refractivity contribution in [3.05, 3.63) is 0 Å². The van der Waals surface area contributed by atoms with E-state index >= 15 is 0 Å². The SMILES string of the molecule is CCNC(CN1CCN(C2CC2)CC1)C(=O)OC. The van der Waals surface area contributed by atoms with Crippen molar-refractivity contribution in [3.8, 4) is 0 Å². The van der Waals surface area contributed by atoms with E-state index in [0.29, 0.717) is 0 Å². The van der Waals surface area contributed by atoms with Gasteiger partial charge in [-0.05, 0) is 19.4 Å². The smallest absolute Gasteiger partial charge is 0.324 e. The quantitative estimate of drug-likeness (QED) is 0.673. The first-order valence-corrected chi connectivity index (χ1v) is 7.02. The summed E-state index contributed by atoms with van der Waals surface area (Å²) < 4.78 is 4.84. The summed E-state index contributed by atoms with van der Waals surface area (Å²) in [5.74, 6) is -0.151. The van der Waals surface area contributed by atoms with Gasteiger partial charge in [-0.1, -0.05) is 6.92 Å². The van der Waals surface area contributed by atoms with E-state index in [4.69, 9.17) is 4.74 Å². The molecule has 5 heteroatoms. The number of carbonyl (C=O) groups excluding carboxylic acids is 1. The number of methoxy groups -OCH3 is 1. The number of nitrogens with one attached hydrogen (secondary N) is 1. The van der Waals surface area contributed by atoms with E-state index in [1.54, 1.807) is 0 Å². The zero-order valence-electron chi connectivity index (χ0n) is 11.5. The Kier molecular flexibility index (Phi) is 4.97. The van der Waals surface area contributed by atoms with E-state index in [1.807, 2.05) is 6.92 Å². The number of likely N-dealkylation sites (N-methyl/N-ethyl adjacent to an activating group) is 1. The largest absolute Gasteiger partial charge is 0.468 e. The van der Waals surface area contributed by atoms with Crippen LogP contribution in [-0.2, 0) is 9.53 Å². The highest BCUT2D eigenvalue weighted by Crippen LogP contribution is 2.27. The van der Waals surface area contributed by atoms with Crippen LogP contribution in [0.15, 0.2) is 0 Å². The predicted molar refractivity (Wildman–Crippen MR) is 70.5 cm³/mol. The second-order valence-corrected chi connectivity index (χ2v) is 5.20. The van der Waals surface area contributed by atoms with E-state index < -0.39 is 0 Å². The average Bonchev–Trinajstić information content (AvgIpc) is 3.22. The van der Waals surface area contributed by atoms with Crippen molar-refractivity contribution in [3.63, 3.8) is 0 Å². The monoisotopic (exact) mass is 255 g/mol. The van der Waals surface area contributed by atoms with Crippen molar-refractivity contribution in [2.45, 2.75) is 31.8 Å². The molecule has 1 saturated carbocycles. The molecule has 0 aromatic heterocycles. The van der Waals surface area contributed by atoms with Crippen molar-refractivity contribution in [2.24, 2.45) is 0 Å². The highest BCUT2D eigenvalue weighted by Gasteiger charge is 2.32. The third kappa shape index (κ3) is 3.67. The number of carbonyl (C=O) groups is 1. The first-order chi connectivity index (χ1) is 8.74. The fourth-order valence-corrected chi connectivity index (χ4v) is 2.62. The van der Waals surface area contributed by atoms with Crippen LogP contribution in [0.3, 0.4) is 0 Å². The van der Waals surface area contributed by atoms with Gasteiger partial charge in [0.05, 0.1) is 7.11 Å². The highest BCUT2D eigenvalue weighted by molar-refractivity contribution is 5.75. The predicted octanol–water partition coefficient (Wildman–Crippen LogP) is -0.0825. The van der Waals surface area contributed by atoms with Crippen LogP contribution in [0.25, 0.3) is 0 Å².